The molecule has 94 valence electrons. The highest BCUT2D eigenvalue weighted by molar-refractivity contribution is 5.87. The summed E-state index contributed by atoms with van der Waals surface area (Å²) in [7, 11) is 0. The first-order chi connectivity index (χ1) is 8.09. The zero-order valence-corrected chi connectivity index (χ0v) is 9.48. The van der Waals surface area contributed by atoms with Gasteiger partial charge in [0, 0.05) is 25.4 Å². The molecule has 17 heavy (non-hydrogen) atoms. The van der Waals surface area contributed by atoms with Crippen LogP contribution in [-0.4, -0.2) is 34.4 Å². The van der Waals surface area contributed by atoms with Gasteiger partial charge in [0.2, 0.25) is 11.8 Å². The van der Waals surface area contributed by atoms with Gasteiger partial charge in [0.05, 0.1) is 12.5 Å². The van der Waals surface area contributed by atoms with Crippen molar-refractivity contribution in [1.82, 2.24) is 15.3 Å². The van der Waals surface area contributed by atoms with E-state index in [2.05, 4.69) is 15.3 Å². The SMILES string of the molecule is NC(=O)CC(N)C(=O)NCCCc1ncc[nH]1. The van der Waals surface area contributed by atoms with Gasteiger partial charge in [-0.3, -0.25) is 9.59 Å². The number of hydrogen-bond donors (Lipinski definition) is 4. The normalized spacial score (nSPS) is 12.1. The van der Waals surface area contributed by atoms with Crippen molar-refractivity contribution >= 4 is 11.8 Å². The molecule has 0 spiro atoms. The molecule has 1 heterocycles. The lowest BCUT2D eigenvalue weighted by molar-refractivity contribution is -0.126. The van der Waals surface area contributed by atoms with Gasteiger partial charge in [-0.05, 0) is 6.42 Å². The number of nitrogens with zero attached hydrogens (tertiary/aromatic N) is 1. The lowest BCUT2D eigenvalue weighted by Crippen LogP contribution is -2.43. The van der Waals surface area contributed by atoms with Crippen molar-refractivity contribution in [3.8, 4) is 0 Å². The lowest BCUT2D eigenvalue weighted by Gasteiger charge is -2.09. The maximum Gasteiger partial charge on any atom is 0.237 e. The molecule has 0 bridgehead atoms. The lowest BCUT2D eigenvalue weighted by atomic mass is 10.2. The number of aryl methyl sites for hydroxylation is 1. The Morgan fingerprint density at radius 3 is 2.88 bits per heavy atom. The smallest absolute Gasteiger partial charge is 0.237 e. The van der Waals surface area contributed by atoms with Gasteiger partial charge in [-0.1, -0.05) is 0 Å². The van der Waals surface area contributed by atoms with E-state index < -0.39 is 11.9 Å². The van der Waals surface area contributed by atoms with Crippen LogP contribution >= 0.6 is 0 Å². The van der Waals surface area contributed by atoms with Gasteiger partial charge >= 0.3 is 0 Å². The zero-order valence-electron chi connectivity index (χ0n) is 9.48. The summed E-state index contributed by atoms with van der Waals surface area (Å²) in [4.78, 5) is 28.9. The number of primary amides is 1. The van der Waals surface area contributed by atoms with Crippen LogP contribution in [-0.2, 0) is 16.0 Å². The third-order valence-electron chi connectivity index (χ3n) is 2.20. The average Bonchev–Trinajstić information content (AvgIpc) is 2.75. The molecule has 0 aromatic carbocycles. The van der Waals surface area contributed by atoms with Gasteiger partial charge < -0.3 is 21.8 Å². The number of aromatic amines is 1. The third kappa shape index (κ3) is 5.12. The van der Waals surface area contributed by atoms with Gasteiger partial charge in [0.15, 0.2) is 0 Å². The second-order valence-electron chi connectivity index (χ2n) is 3.71. The van der Waals surface area contributed by atoms with Gasteiger partial charge in [0.1, 0.15) is 5.82 Å². The molecular weight excluding hydrogens is 222 g/mol. The van der Waals surface area contributed by atoms with Crippen molar-refractivity contribution in [3.05, 3.63) is 18.2 Å². The number of aromatic nitrogens is 2. The molecule has 0 fully saturated rings. The molecule has 7 heteroatoms. The number of amides is 2. The number of nitrogens with one attached hydrogen (secondary N) is 2. The van der Waals surface area contributed by atoms with E-state index >= 15 is 0 Å². The highest BCUT2D eigenvalue weighted by Gasteiger charge is 2.14. The van der Waals surface area contributed by atoms with E-state index in [-0.39, 0.29) is 12.3 Å². The van der Waals surface area contributed by atoms with Crippen molar-refractivity contribution in [2.24, 2.45) is 11.5 Å². The Hall–Kier alpha value is -1.89. The second-order valence-corrected chi connectivity index (χ2v) is 3.71. The van der Waals surface area contributed by atoms with Gasteiger partial charge in [0.25, 0.3) is 0 Å². The first kappa shape index (κ1) is 13.2. The van der Waals surface area contributed by atoms with Crippen LogP contribution in [0.25, 0.3) is 0 Å². The minimum absolute atomic E-state index is 0.135. The van der Waals surface area contributed by atoms with Crippen LogP contribution in [0.5, 0.6) is 0 Å². The Bertz CT molecular complexity index is 363. The maximum absolute atomic E-state index is 11.4. The molecule has 7 nitrogen and oxygen atoms in total. The molecule has 0 aliphatic rings. The van der Waals surface area contributed by atoms with E-state index in [0.717, 1.165) is 18.7 Å². The maximum atomic E-state index is 11.4. The summed E-state index contributed by atoms with van der Waals surface area (Å²) in [6.07, 6.45) is 4.79. The summed E-state index contributed by atoms with van der Waals surface area (Å²) >= 11 is 0. The van der Waals surface area contributed by atoms with Crippen LogP contribution in [0.15, 0.2) is 12.4 Å². The van der Waals surface area contributed by atoms with Crippen LogP contribution in [0.3, 0.4) is 0 Å². The number of nitrogens with two attached hydrogens (primary N) is 2. The fourth-order valence-corrected chi connectivity index (χ4v) is 1.34. The number of carbonyl (C=O) groups excluding carboxylic acids is 2. The topological polar surface area (TPSA) is 127 Å². The largest absolute Gasteiger partial charge is 0.370 e. The third-order valence-corrected chi connectivity index (χ3v) is 2.20. The summed E-state index contributed by atoms with van der Waals surface area (Å²) in [6, 6.07) is -0.865. The van der Waals surface area contributed by atoms with E-state index in [1.165, 1.54) is 0 Å². The second kappa shape index (κ2) is 6.64. The van der Waals surface area contributed by atoms with E-state index in [4.69, 9.17) is 11.5 Å². The predicted molar refractivity (Wildman–Crippen MR) is 61.7 cm³/mol. The Labute approximate surface area is 99.0 Å². The Kier molecular flexibility index (Phi) is 5.15. The van der Waals surface area contributed by atoms with Crippen molar-refractivity contribution in [2.45, 2.75) is 25.3 Å². The van der Waals surface area contributed by atoms with E-state index in [1.807, 2.05) is 0 Å². The number of carbonyl (C=O) groups is 2. The molecule has 0 saturated carbocycles. The fraction of sp³-hybridized carbons (Fsp3) is 0.500. The van der Waals surface area contributed by atoms with Gasteiger partial charge in [-0.2, -0.15) is 0 Å². The van der Waals surface area contributed by atoms with E-state index in [0.29, 0.717) is 6.54 Å². The minimum Gasteiger partial charge on any atom is -0.370 e. The van der Waals surface area contributed by atoms with E-state index in [9.17, 15) is 9.59 Å². The highest BCUT2D eigenvalue weighted by atomic mass is 16.2. The van der Waals surface area contributed by atoms with Crippen LogP contribution in [0.4, 0.5) is 0 Å². The monoisotopic (exact) mass is 239 g/mol. The first-order valence-electron chi connectivity index (χ1n) is 5.39. The van der Waals surface area contributed by atoms with E-state index in [1.54, 1.807) is 12.4 Å². The molecule has 1 unspecified atom stereocenters. The van der Waals surface area contributed by atoms with Crippen molar-refractivity contribution in [1.29, 1.82) is 0 Å². The van der Waals surface area contributed by atoms with Crippen molar-refractivity contribution in [2.75, 3.05) is 6.54 Å². The zero-order chi connectivity index (χ0) is 12.7. The first-order valence-corrected chi connectivity index (χ1v) is 5.39. The Balaban J connectivity index is 2.13. The predicted octanol–water partition coefficient (Wildman–Crippen LogP) is -1.34. The fourth-order valence-electron chi connectivity index (χ4n) is 1.34. The number of rotatable bonds is 7. The van der Waals surface area contributed by atoms with Crippen molar-refractivity contribution < 1.29 is 9.59 Å². The summed E-state index contributed by atoms with van der Waals surface area (Å²) in [6.45, 7) is 0.492. The Morgan fingerprint density at radius 2 is 2.29 bits per heavy atom. The molecule has 0 aliphatic carbocycles. The average molecular weight is 239 g/mol. The minimum atomic E-state index is -0.865. The summed E-state index contributed by atoms with van der Waals surface area (Å²) < 4.78 is 0. The molecule has 2 amide bonds. The van der Waals surface area contributed by atoms with Gasteiger partial charge in [-0.15, -0.1) is 0 Å². The Morgan fingerprint density at radius 1 is 1.53 bits per heavy atom. The van der Waals surface area contributed by atoms with Crippen LogP contribution in [0, 0.1) is 0 Å². The van der Waals surface area contributed by atoms with Gasteiger partial charge in [-0.25, -0.2) is 4.98 Å². The molecule has 0 radical (unpaired) electrons. The molecule has 1 atom stereocenters. The summed E-state index contributed by atoms with van der Waals surface area (Å²) in [5.74, 6) is -0.0628. The molecule has 0 aliphatic heterocycles. The molecule has 0 saturated heterocycles. The summed E-state index contributed by atoms with van der Waals surface area (Å²) in [5, 5.41) is 2.64. The van der Waals surface area contributed by atoms with Crippen LogP contribution in [0.1, 0.15) is 18.7 Å². The molecule has 1 rings (SSSR count). The molecular formula is C10H17N5O2. The molecule has 1 aromatic rings. The van der Waals surface area contributed by atoms with Crippen molar-refractivity contribution in [3.63, 3.8) is 0 Å². The van der Waals surface area contributed by atoms with Crippen LogP contribution < -0.4 is 16.8 Å². The number of imidazole rings is 1. The quantitative estimate of drug-likeness (QED) is 0.439. The number of hydrogen-bond acceptors (Lipinski definition) is 4. The van der Waals surface area contributed by atoms with Crippen LogP contribution in [0.2, 0.25) is 0 Å². The molecule has 6 N–H and O–H groups in total. The summed E-state index contributed by atoms with van der Waals surface area (Å²) in [5.41, 5.74) is 10.4. The number of H-pyrrole nitrogens is 1. The highest BCUT2D eigenvalue weighted by Crippen LogP contribution is 1.94. The standard InChI is InChI=1S/C10H17N5O2/c11-7(6-8(12)16)10(17)15-3-1-2-9-13-4-5-14-9/h4-5,7H,1-3,6,11H2,(H2,12,16)(H,13,14)(H,15,17). The molecule has 1 aromatic heterocycles.